The largest absolute Gasteiger partial charge is 0.409 e. The molecule has 19 heavy (non-hydrogen) atoms. The summed E-state index contributed by atoms with van der Waals surface area (Å²) in [6, 6.07) is 8.05. The van der Waals surface area contributed by atoms with Crippen molar-refractivity contribution >= 4 is 17.4 Å². The van der Waals surface area contributed by atoms with Crippen molar-refractivity contribution in [1.29, 1.82) is 0 Å². The van der Waals surface area contributed by atoms with Gasteiger partial charge in [-0.3, -0.25) is 4.79 Å². The number of aromatic nitrogens is 1. The van der Waals surface area contributed by atoms with E-state index < -0.39 is 5.91 Å². The molecule has 4 N–H and O–H groups in total. The number of benzene rings is 1. The lowest BCUT2D eigenvalue weighted by Crippen LogP contribution is -2.14. The Morgan fingerprint density at radius 3 is 2.63 bits per heavy atom. The van der Waals surface area contributed by atoms with Gasteiger partial charge >= 0.3 is 0 Å². The topological polar surface area (TPSA) is 114 Å². The molecule has 7 nitrogen and oxygen atoms in total. The predicted molar refractivity (Wildman–Crippen MR) is 68.1 cm³/mol. The summed E-state index contributed by atoms with van der Waals surface area (Å²) in [4.78, 5) is 11.8. The molecule has 2 aromatic rings. The van der Waals surface area contributed by atoms with Crippen molar-refractivity contribution in [2.24, 2.45) is 10.9 Å². The summed E-state index contributed by atoms with van der Waals surface area (Å²) in [5, 5.41) is 17.7. The van der Waals surface area contributed by atoms with Crippen LogP contribution < -0.4 is 11.1 Å². The summed E-state index contributed by atoms with van der Waals surface area (Å²) >= 11 is 0. The van der Waals surface area contributed by atoms with E-state index in [-0.39, 0.29) is 11.6 Å². The van der Waals surface area contributed by atoms with Crippen LogP contribution in [0.2, 0.25) is 0 Å². The molecule has 0 bridgehead atoms. The minimum absolute atomic E-state index is 0.00346. The molecule has 0 atom stereocenters. The van der Waals surface area contributed by atoms with Crippen LogP contribution in [0.15, 0.2) is 40.0 Å². The lowest BCUT2D eigenvalue weighted by molar-refractivity contribution is 0.0988. The number of oxime groups is 1. The summed E-state index contributed by atoms with van der Waals surface area (Å²) in [6.45, 7) is 1.73. The standard InChI is InChI=1S/C12H12N4O3/c1-7-6-10(19-16-7)12(17)14-9-4-2-8(3-5-9)11(13)15-18/h2-6,18H,1H3,(H2,13,15)(H,14,17). The van der Waals surface area contributed by atoms with Gasteiger partial charge in [0.2, 0.25) is 5.76 Å². The number of anilines is 1. The van der Waals surface area contributed by atoms with E-state index in [1.165, 1.54) is 0 Å². The Balaban J connectivity index is 2.10. The van der Waals surface area contributed by atoms with Gasteiger partial charge in [0.15, 0.2) is 5.84 Å². The van der Waals surface area contributed by atoms with E-state index in [0.29, 0.717) is 16.9 Å². The van der Waals surface area contributed by atoms with Crippen LogP contribution in [0, 0.1) is 6.92 Å². The first-order valence-corrected chi connectivity index (χ1v) is 5.43. The predicted octanol–water partition coefficient (Wildman–Crippen LogP) is 1.33. The fourth-order valence-corrected chi connectivity index (χ4v) is 1.45. The molecule has 0 aliphatic carbocycles. The second kappa shape index (κ2) is 5.21. The molecule has 0 spiro atoms. The molecule has 0 radical (unpaired) electrons. The second-order valence-electron chi connectivity index (χ2n) is 3.85. The number of amidine groups is 1. The molecule has 1 aromatic carbocycles. The third kappa shape index (κ3) is 2.89. The van der Waals surface area contributed by atoms with Gasteiger partial charge in [-0.05, 0) is 31.2 Å². The highest BCUT2D eigenvalue weighted by Crippen LogP contribution is 2.12. The van der Waals surface area contributed by atoms with Crippen molar-refractivity contribution < 1.29 is 14.5 Å². The average molecular weight is 260 g/mol. The average Bonchev–Trinajstić information content (AvgIpc) is 2.85. The summed E-state index contributed by atoms with van der Waals surface area (Å²) in [5.41, 5.74) is 7.18. The van der Waals surface area contributed by atoms with Gasteiger partial charge in [-0.15, -0.1) is 0 Å². The lowest BCUT2D eigenvalue weighted by Gasteiger charge is -2.03. The zero-order chi connectivity index (χ0) is 13.8. The Morgan fingerprint density at radius 1 is 1.42 bits per heavy atom. The number of nitrogens with zero attached hydrogens (tertiary/aromatic N) is 2. The van der Waals surface area contributed by atoms with Gasteiger partial charge in [-0.1, -0.05) is 10.3 Å². The van der Waals surface area contributed by atoms with Crippen molar-refractivity contribution in [3.8, 4) is 0 Å². The Labute approximate surface area is 108 Å². The number of nitrogens with one attached hydrogen (secondary N) is 1. The lowest BCUT2D eigenvalue weighted by atomic mass is 10.2. The normalized spacial score (nSPS) is 11.3. The maximum atomic E-state index is 11.8. The van der Waals surface area contributed by atoms with E-state index in [4.69, 9.17) is 15.5 Å². The molecule has 1 amide bonds. The highest BCUT2D eigenvalue weighted by molar-refractivity contribution is 6.03. The molecule has 0 fully saturated rings. The number of hydrogen-bond acceptors (Lipinski definition) is 5. The van der Waals surface area contributed by atoms with E-state index in [1.54, 1.807) is 37.3 Å². The van der Waals surface area contributed by atoms with Crippen molar-refractivity contribution in [2.75, 3.05) is 5.32 Å². The molecule has 0 unspecified atom stereocenters. The third-order valence-corrected chi connectivity index (χ3v) is 2.40. The van der Waals surface area contributed by atoms with Crippen LogP contribution >= 0.6 is 0 Å². The number of carbonyl (C=O) groups excluding carboxylic acids is 1. The quantitative estimate of drug-likeness (QED) is 0.333. The minimum atomic E-state index is -0.392. The summed E-state index contributed by atoms with van der Waals surface area (Å²) in [5.74, 6) is -0.251. The SMILES string of the molecule is Cc1cc(C(=O)Nc2ccc(C(N)=NO)cc2)on1. The van der Waals surface area contributed by atoms with Gasteiger partial charge in [0.1, 0.15) is 0 Å². The molecule has 1 aromatic heterocycles. The van der Waals surface area contributed by atoms with Crippen LogP contribution in [-0.2, 0) is 0 Å². The Hall–Kier alpha value is -2.83. The van der Waals surface area contributed by atoms with Crippen molar-refractivity contribution in [3.05, 3.63) is 47.3 Å². The number of nitrogens with two attached hydrogens (primary N) is 1. The van der Waals surface area contributed by atoms with Crippen LogP contribution in [0.1, 0.15) is 21.8 Å². The number of hydrogen-bond donors (Lipinski definition) is 3. The number of amides is 1. The van der Waals surface area contributed by atoms with Gasteiger partial charge in [-0.25, -0.2) is 0 Å². The van der Waals surface area contributed by atoms with Gasteiger partial charge in [0.05, 0.1) is 5.69 Å². The van der Waals surface area contributed by atoms with Crippen molar-refractivity contribution in [2.45, 2.75) is 6.92 Å². The van der Waals surface area contributed by atoms with E-state index in [2.05, 4.69) is 15.6 Å². The molecular weight excluding hydrogens is 248 g/mol. The maximum absolute atomic E-state index is 11.8. The van der Waals surface area contributed by atoms with Crippen LogP contribution in [0.4, 0.5) is 5.69 Å². The van der Waals surface area contributed by atoms with Crippen molar-refractivity contribution in [3.63, 3.8) is 0 Å². The zero-order valence-corrected chi connectivity index (χ0v) is 10.1. The zero-order valence-electron chi connectivity index (χ0n) is 10.1. The summed E-state index contributed by atoms with van der Waals surface area (Å²) < 4.78 is 4.84. The van der Waals surface area contributed by atoms with Crippen LogP contribution in [0.3, 0.4) is 0 Å². The van der Waals surface area contributed by atoms with E-state index in [0.717, 1.165) is 0 Å². The highest BCUT2D eigenvalue weighted by Gasteiger charge is 2.11. The molecule has 7 heteroatoms. The summed E-state index contributed by atoms with van der Waals surface area (Å²) in [7, 11) is 0. The molecule has 0 aliphatic heterocycles. The Kier molecular flexibility index (Phi) is 3.46. The van der Waals surface area contributed by atoms with Gasteiger partial charge in [0, 0.05) is 17.3 Å². The van der Waals surface area contributed by atoms with E-state index in [1.807, 2.05) is 0 Å². The van der Waals surface area contributed by atoms with Gasteiger partial charge < -0.3 is 20.8 Å². The molecule has 98 valence electrons. The van der Waals surface area contributed by atoms with Crippen molar-refractivity contribution in [1.82, 2.24) is 5.16 Å². The van der Waals surface area contributed by atoms with Crippen LogP contribution in [0.5, 0.6) is 0 Å². The number of rotatable bonds is 3. The molecule has 0 aliphatic rings. The van der Waals surface area contributed by atoms with E-state index in [9.17, 15) is 4.79 Å². The smallest absolute Gasteiger partial charge is 0.294 e. The van der Waals surface area contributed by atoms with Crippen LogP contribution in [0.25, 0.3) is 0 Å². The molecule has 2 rings (SSSR count). The molecular formula is C12H12N4O3. The van der Waals surface area contributed by atoms with Gasteiger partial charge in [-0.2, -0.15) is 0 Å². The monoisotopic (exact) mass is 260 g/mol. The molecule has 0 saturated heterocycles. The fourth-order valence-electron chi connectivity index (χ4n) is 1.45. The molecule has 0 saturated carbocycles. The number of carbonyl (C=O) groups is 1. The Bertz CT molecular complexity index is 616. The first-order valence-electron chi connectivity index (χ1n) is 5.43. The first-order chi connectivity index (χ1) is 9.10. The van der Waals surface area contributed by atoms with E-state index >= 15 is 0 Å². The van der Waals surface area contributed by atoms with Crippen LogP contribution in [-0.4, -0.2) is 22.1 Å². The number of aryl methyl sites for hydroxylation is 1. The maximum Gasteiger partial charge on any atom is 0.294 e. The second-order valence-corrected chi connectivity index (χ2v) is 3.85. The Morgan fingerprint density at radius 2 is 2.11 bits per heavy atom. The fraction of sp³-hybridized carbons (Fsp3) is 0.0833. The first kappa shape index (κ1) is 12.6. The highest BCUT2D eigenvalue weighted by atomic mass is 16.5. The minimum Gasteiger partial charge on any atom is -0.409 e. The third-order valence-electron chi connectivity index (χ3n) is 2.40. The molecule has 1 heterocycles. The summed E-state index contributed by atoms with van der Waals surface area (Å²) in [6.07, 6.45) is 0. The van der Waals surface area contributed by atoms with Gasteiger partial charge in [0.25, 0.3) is 5.91 Å².